The van der Waals surface area contributed by atoms with Crippen LogP contribution in [0.2, 0.25) is 5.02 Å². The summed E-state index contributed by atoms with van der Waals surface area (Å²) in [6.07, 6.45) is 0.207. The first-order valence-electron chi connectivity index (χ1n) is 7.48. The number of fused-ring (bicyclic) bond motifs is 1. The zero-order chi connectivity index (χ0) is 17.1. The molecule has 1 aromatic carbocycles. The average Bonchev–Trinajstić information content (AvgIpc) is 2.76. The van der Waals surface area contributed by atoms with Crippen molar-refractivity contribution >= 4 is 27.5 Å². The molecule has 5 nitrogen and oxygen atoms in total. The van der Waals surface area contributed by atoms with E-state index in [0.717, 1.165) is 21.7 Å². The van der Waals surface area contributed by atoms with E-state index in [0.29, 0.717) is 30.3 Å². The molecule has 0 spiro atoms. The quantitative estimate of drug-likeness (QED) is 0.691. The number of halogens is 3. The SMILES string of the molecule is COCOc1ccc(-c2nc(Br)c3n2C[C@@H](CF)OCC3)cc1Cl. The van der Waals surface area contributed by atoms with Gasteiger partial charge in [0, 0.05) is 19.1 Å². The third-order valence-electron chi connectivity index (χ3n) is 3.80. The summed E-state index contributed by atoms with van der Waals surface area (Å²) < 4.78 is 31.6. The zero-order valence-corrected chi connectivity index (χ0v) is 15.4. The number of hydrogen-bond donors (Lipinski definition) is 0. The lowest BCUT2D eigenvalue weighted by molar-refractivity contribution is 0.0355. The largest absolute Gasteiger partial charge is 0.466 e. The lowest BCUT2D eigenvalue weighted by atomic mass is 10.2. The number of benzene rings is 1. The van der Waals surface area contributed by atoms with Crippen molar-refractivity contribution in [3.63, 3.8) is 0 Å². The summed E-state index contributed by atoms with van der Waals surface area (Å²) in [5.74, 6) is 1.26. The summed E-state index contributed by atoms with van der Waals surface area (Å²) in [4.78, 5) is 4.58. The number of aromatic nitrogens is 2. The summed E-state index contributed by atoms with van der Waals surface area (Å²) in [5, 5.41) is 0.463. The molecule has 0 N–H and O–H groups in total. The summed E-state index contributed by atoms with van der Waals surface area (Å²) in [6.45, 7) is 0.486. The summed E-state index contributed by atoms with van der Waals surface area (Å²) in [5.41, 5.74) is 1.83. The van der Waals surface area contributed by atoms with Gasteiger partial charge >= 0.3 is 0 Å². The van der Waals surface area contributed by atoms with Crippen LogP contribution in [0.1, 0.15) is 5.69 Å². The standard InChI is InChI=1S/C16H17BrClFN2O3/c1-22-9-24-14-3-2-10(6-12(14)18)16-20-15(17)13-4-5-23-11(7-19)8-21(13)16/h2-3,6,11H,4-5,7-9H2,1H3/t11-/m1/s1. The molecule has 1 aliphatic heterocycles. The Labute approximate surface area is 152 Å². The van der Waals surface area contributed by atoms with Crippen molar-refractivity contribution in [3.05, 3.63) is 33.5 Å². The second kappa shape index (κ2) is 7.82. The van der Waals surface area contributed by atoms with Crippen LogP contribution >= 0.6 is 27.5 Å². The molecule has 3 rings (SSSR count). The van der Waals surface area contributed by atoms with E-state index >= 15 is 0 Å². The first-order valence-corrected chi connectivity index (χ1v) is 8.65. The van der Waals surface area contributed by atoms with E-state index in [9.17, 15) is 4.39 Å². The van der Waals surface area contributed by atoms with Crippen molar-refractivity contribution in [1.82, 2.24) is 9.55 Å². The molecular formula is C16H17BrClFN2O3. The molecule has 8 heteroatoms. The van der Waals surface area contributed by atoms with Gasteiger partial charge in [-0.25, -0.2) is 9.37 Å². The third-order valence-corrected chi connectivity index (χ3v) is 4.73. The molecule has 0 radical (unpaired) electrons. The van der Waals surface area contributed by atoms with Gasteiger partial charge in [0.05, 0.1) is 23.9 Å². The van der Waals surface area contributed by atoms with Gasteiger partial charge in [0.25, 0.3) is 0 Å². The number of ether oxygens (including phenoxy) is 3. The van der Waals surface area contributed by atoms with Crippen LogP contribution in [-0.2, 0) is 22.4 Å². The molecule has 0 bridgehead atoms. The topological polar surface area (TPSA) is 45.5 Å². The predicted octanol–water partition coefficient (Wildman–Crippen LogP) is 3.86. The van der Waals surface area contributed by atoms with Gasteiger partial charge in [-0.3, -0.25) is 0 Å². The van der Waals surface area contributed by atoms with E-state index in [4.69, 9.17) is 25.8 Å². The second-order valence-corrected chi connectivity index (χ2v) is 6.54. The first kappa shape index (κ1) is 17.7. The molecular weight excluding hydrogens is 403 g/mol. The van der Waals surface area contributed by atoms with Gasteiger partial charge in [-0.2, -0.15) is 0 Å². The number of hydrogen-bond acceptors (Lipinski definition) is 4. The van der Waals surface area contributed by atoms with Crippen molar-refractivity contribution in [1.29, 1.82) is 0 Å². The lowest BCUT2D eigenvalue weighted by Crippen LogP contribution is -2.21. The highest BCUT2D eigenvalue weighted by Crippen LogP contribution is 2.33. The van der Waals surface area contributed by atoms with Crippen LogP contribution in [0.4, 0.5) is 4.39 Å². The Kier molecular flexibility index (Phi) is 5.76. The fraction of sp³-hybridized carbons (Fsp3) is 0.438. The minimum atomic E-state index is -0.529. The Hall–Kier alpha value is -1.15. The fourth-order valence-corrected chi connectivity index (χ4v) is 3.48. The highest BCUT2D eigenvalue weighted by molar-refractivity contribution is 9.10. The minimum Gasteiger partial charge on any atom is -0.466 e. The van der Waals surface area contributed by atoms with Crippen molar-refractivity contribution in [2.24, 2.45) is 0 Å². The number of imidazole rings is 1. The van der Waals surface area contributed by atoms with Crippen LogP contribution in [0.25, 0.3) is 11.4 Å². The van der Waals surface area contributed by atoms with Gasteiger partial charge in [0.15, 0.2) is 6.79 Å². The molecule has 2 aromatic rings. The van der Waals surface area contributed by atoms with E-state index in [1.54, 1.807) is 19.2 Å². The molecule has 1 aliphatic rings. The molecule has 0 aliphatic carbocycles. The normalized spacial score (nSPS) is 17.4. The van der Waals surface area contributed by atoms with Gasteiger partial charge in [0.2, 0.25) is 0 Å². The third kappa shape index (κ3) is 3.59. The number of alkyl halides is 1. The Morgan fingerprint density at radius 3 is 3.04 bits per heavy atom. The number of nitrogens with zero attached hydrogens (tertiary/aromatic N) is 2. The van der Waals surface area contributed by atoms with Crippen LogP contribution < -0.4 is 4.74 Å². The molecule has 1 aromatic heterocycles. The molecule has 0 fully saturated rings. The van der Waals surface area contributed by atoms with E-state index in [1.807, 2.05) is 10.6 Å². The van der Waals surface area contributed by atoms with Crippen LogP contribution in [-0.4, -0.2) is 42.8 Å². The van der Waals surface area contributed by atoms with E-state index in [2.05, 4.69) is 20.9 Å². The first-order chi connectivity index (χ1) is 11.6. The molecule has 0 unspecified atom stereocenters. The highest BCUT2D eigenvalue weighted by Gasteiger charge is 2.24. The van der Waals surface area contributed by atoms with Gasteiger partial charge in [-0.1, -0.05) is 11.6 Å². The van der Waals surface area contributed by atoms with E-state index in [1.165, 1.54) is 0 Å². The molecule has 0 amide bonds. The Balaban J connectivity index is 1.97. The Morgan fingerprint density at radius 2 is 2.33 bits per heavy atom. The molecule has 2 heterocycles. The molecule has 0 saturated carbocycles. The van der Waals surface area contributed by atoms with Gasteiger partial charge in [-0.15, -0.1) is 0 Å². The highest BCUT2D eigenvalue weighted by atomic mass is 79.9. The fourth-order valence-electron chi connectivity index (χ4n) is 2.66. The number of rotatable bonds is 5. The monoisotopic (exact) mass is 418 g/mol. The van der Waals surface area contributed by atoms with Crippen molar-refractivity contribution in [3.8, 4) is 17.1 Å². The lowest BCUT2D eigenvalue weighted by Gasteiger charge is -2.14. The van der Waals surface area contributed by atoms with E-state index in [-0.39, 0.29) is 6.79 Å². The van der Waals surface area contributed by atoms with Crippen molar-refractivity contribution in [2.45, 2.75) is 19.1 Å². The Morgan fingerprint density at radius 1 is 1.50 bits per heavy atom. The summed E-state index contributed by atoms with van der Waals surface area (Å²) >= 11 is 9.77. The second-order valence-electron chi connectivity index (χ2n) is 5.38. The van der Waals surface area contributed by atoms with Crippen molar-refractivity contribution < 1.29 is 18.6 Å². The molecule has 24 heavy (non-hydrogen) atoms. The van der Waals surface area contributed by atoms with Crippen LogP contribution in [0, 0.1) is 0 Å². The van der Waals surface area contributed by atoms with Crippen LogP contribution in [0.5, 0.6) is 5.75 Å². The maximum atomic E-state index is 13.1. The van der Waals surface area contributed by atoms with Gasteiger partial charge < -0.3 is 18.8 Å². The number of methoxy groups -OCH3 is 1. The smallest absolute Gasteiger partial charge is 0.188 e. The predicted molar refractivity (Wildman–Crippen MR) is 92.3 cm³/mol. The van der Waals surface area contributed by atoms with Crippen LogP contribution in [0.15, 0.2) is 22.8 Å². The molecule has 1 atom stereocenters. The van der Waals surface area contributed by atoms with Gasteiger partial charge in [-0.05, 0) is 34.1 Å². The van der Waals surface area contributed by atoms with E-state index < -0.39 is 12.8 Å². The van der Waals surface area contributed by atoms with Crippen molar-refractivity contribution in [2.75, 3.05) is 27.2 Å². The zero-order valence-electron chi connectivity index (χ0n) is 13.1. The summed E-state index contributed by atoms with van der Waals surface area (Å²) in [7, 11) is 1.54. The van der Waals surface area contributed by atoms with Crippen LogP contribution in [0.3, 0.4) is 0 Å². The maximum Gasteiger partial charge on any atom is 0.188 e. The minimum absolute atomic E-state index is 0.124. The maximum absolute atomic E-state index is 13.1. The molecule has 130 valence electrons. The Bertz CT molecular complexity index is 726. The average molecular weight is 420 g/mol. The summed E-state index contributed by atoms with van der Waals surface area (Å²) in [6, 6.07) is 5.42. The molecule has 0 saturated heterocycles. The van der Waals surface area contributed by atoms with Gasteiger partial charge in [0.1, 0.15) is 29.0 Å².